The minimum Gasteiger partial charge on any atom is -0.338 e. The van der Waals surface area contributed by atoms with E-state index in [1.807, 2.05) is 30.5 Å². The van der Waals surface area contributed by atoms with Crippen molar-refractivity contribution in [3.63, 3.8) is 0 Å². The smallest absolute Gasteiger partial charge is 0.225 e. The van der Waals surface area contributed by atoms with Crippen LogP contribution in [-0.2, 0) is 0 Å². The first-order valence-corrected chi connectivity index (χ1v) is 5.05. The molecule has 2 aromatic rings. The van der Waals surface area contributed by atoms with Crippen LogP contribution in [-0.4, -0.2) is 29.1 Å². The van der Waals surface area contributed by atoms with E-state index in [9.17, 15) is 0 Å². The molecule has 2 heterocycles. The summed E-state index contributed by atoms with van der Waals surface area (Å²) in [6.45, 7) is 1.72. The zero-order valence-corrected chi connectivity index (χ0v) is 8.30. The summed E-state index contributed by atoms with van der Waals surface area (Å²) in [4.78, 5) is 10.9. The number of nitrogens with zero attached hydrogens (tertiary/aromatic N) is 3. The second kappa shape index (κ2) is 3.17. The lowest BCUT2D eigenvalue weighted by molar-refractivity contribution is 0.509. The van der Waals surface area contributed by atoms with Crippen molar-refractivity contribution in [2.45, 2.75) is 6.04 Å². The Balaban J connectivity index is 1.99. The quantitative estimate of drug-likeness (QED) is 0.739. The van der Waals surface area contributed by atoms with Crippen LogP contribution < -0.4 is 10.6 Å². The van der Waals surface area contributed by atoms with E-state index in [0.29, 0.717) is 0 Å². The summed E-state index contributed by atoms with van der Waals surface area (Å²) in [5.74, 6) is 0.787. The predicted molar refractivity (Wildman–Crippen MR) is 59.7 cm³/mol. The Labute approximate surface area is 87.7 Å². The molecule has 2 N–H and O–H groups in total. The lowest BCUT2D eigenvalue weighted by Crippen LogP contribution is -2.56. The second-order valence-electron chi connectivity index (χ2n) is 3.89. The van der Waals surface area contributed by atoms with Crippen molar-refractivity contribution < 1.29 is 0 Å². The van der Waals surface area contributed by atoms with Gasteiger partial charge in [0.2, 0.25) is 5.95 Å². The summed E-state index contributed by atoms with van der Waals surface area (Å²) in [5, 5.41) is 1.08. The predicted octanol–water partition coefficient (Wildman–Crippen LogP) is 0.777. The van der Waals surface area contributed by atoms with Gasteiger partial charge in [0.15, 0.2) is 0 Å². The van der Waals surface area contributed by atoms with E-state index >= 15 is 0 Å². The summed E-state index contributed by atoms with van der Waals surface area (Å²) < 4.78 is 0. The van der Waals surface area contributed by atoms with E-state index in [4.69, 9.17) is 5.73 Å². The van der Waals surface area contributed by atoms with Crippen molar-refractivity contribution in [3.05, 3.63) is 30.5 Å². The number of fused-ring (bicyclic) bond motifs is 1. The van der Waals surface area contributed by atoms with Crippen molar-refractivity contribution in [2.24, 2.45) is 5.73 Å². The molecule has 0 aliphatic carbocycles. The van der Waals surface area contributed by atoms with Crippen LogP contribution in [0.3, 0.4) is 0 Å². The first-order valence-electron chi connectivity index (χ1n) is 5.05. The number of benzene rings is 1. The van der Waals surface area contributed by atoms with Gasteiger partial charge in [-0.05, 0) is 6.07 Å². The average molecular weight is 200 g/mol. The van der Waals surface area contributed by atoms with Gasteiger partial charge in [0.25, 0.3) is 0 Å². The molecule has 1 saturated heterocycles. The number of para-hydroxylation sites is 1. The molecule has 4 nitrogen and oxygen atoms in total. The SMILES string of the molecule is NC1CN(c2ncc3ccccc3n2)C1. The molecule has 0 unspecified atom stereocenters. The number of rotatable bonds is 1. The monoisotopic (exact) mass is 200 g/mol. The van der Waals surface area contributed by atoms with E-state index in [2.05, 4.69) is 14.9 Å². The van der Waals surface area contributed by atoms with E-state index < -0.39 is 0 Å². The summed E-state index contributed by atoms with van der Waals surface area (Å²) in [5.41, 5.74) is 6.71. The summed E-state index contributed by atoms with van der Waals surface area (Å²) in [6, 6.07) is 8.27. The van der Waals surface area contributed by atoms with E-state index in [1.165, 1.54) is 0 Å². The van der Waals surface area contributed by atoms with E-state index in [1.54, 1.807) is 0 Å². The normalized spacial score (nSPS) is 16.7. The molecule has 1 aliphatic rings. The number of hydrogen-bond acceptors (Lipinski definition) is 4. The topological polar surface area (TPSA) is 55.0 Å². The number of nitrogens with two attached hydrogens (primary N) is 1. The number of aromatic nitrogens is 2. The van der Waals surface area contributed by atoms with Crippen LogP contribution in [0.5, 0.6) is 0 Å². The van der Waals surface area contributed by atoms with Gasteiger partial charge in [-0.25, -0.2) is 9.97 Å². The van der Waals surface area contributed by atoms with E-state index in [-0.39, 0.29) is 6.04 Å². The Kier molecular flexibility index (Phi) is 1.82. The molecule has 76 valence electrons. The molecule has 0 saturated carbocycles. The Morgan fingerprint density at radius 3 is 2.87 bits per heavy atom. The third-order valence-corrected chi connectivity index (χ3v) is 2.67. The van der Waals surface area contributed by atoms with Gasteiger partial charge in [0.1, 0.15) is 0 Å². The maximum atomic E-state index is 5.72. The van der Waals surface area contributed by atoms with Crippen LogP contribution in [0.15, 0.2) is 30.5 Å². The fourth-order valence-electron chi connectivity index (χ4n) is 1.79. The lowest BCUT2D eigenvalue weighted by atomic mass is 10.1. The Bertz CT molecular complexity index is 491. The maximum Gasteiger partial charge on any atom is 0.225 e. The molecule has 1 aliphatic heterocycles. The molecule has 4 heteroatoms. The number of hydrogen-bond donors (Lipinski definition) is 1. The molecule has 1 aromatic carbocycles. The van der Waals surface area contributed by atoms with Crippen LogP contribution in [0, 0.1) is 0 Å². The van der Waals surface area contributed by atoms with Crippen molar-refractivity contribution in [2.75, 3.05) is 18.0 Å². The first kappa shape index (κ1) is 8.61. The molecule has 0 bridgehead atoms. The van der Waals surface area contributed by atoms with Gasteiger partial charge in [-0.2, -0.15) is 0 Å². The van der Waals surface area contributed by atoms with Gasteiger partial charge in [-0.3, -0.25) is 0 Å². The van der Waals surface area contributed by atoms with E-state index in [0.717, 1.165) is 29.9 Å². The highest BCUT2D eigenvalue weighted by molar-refractivity contribution is 5.78. The zero-order valence-electron chi connectivity index (χ0n) is 8.30. The van der Waals surface area contributed by atoms with Gasteiger partial charge in [-0.15, -0.1) is 0 Å². The molecule has 15 heavy (non-hydrogen) atoms. The zero-order chi connectivity index (χ0) is 10.3. The fraction of sp³-hybridized carbons (Fsp3) is 0.273. The molecule has 1 aromatic heterocycles. The van der Waals surface area contributed by atoms with Crippen LogP contribution in [0.4, 0.5) is 5.95 Å². The molecule has 0 amide bonds. The molecule has 1 fully saturated rings. The average Bonchev–Trinajstić information content (AvgIpc) is 2.24. The summed E-state index contributed by atoms with van der Waals surface area (Å²) in [6.07, 6.45) is 1.86. The Morgan fingerprint density at radius 2 is 2.07 bits per heavy atom. The van der Waals surface area contributed by atoms with Crippen molar-refractivity contribution >= 4 is 16.9 Å². The standard InChI is InChI=1S/C11H12N4/c12-9-6-15(7-9)11-13-5-8-3-1-2-4-10(8)14-11/h1-5,9H,6-7,12H2. The highest BCUT2D eigenvalue weighted by atomic mass is 15.3. The third kappa shape index (κ3) is 1.43. The van der Waals surface area contributed by atoms with Crippen molar-refractivity contribution in [3.8, 4) is 0 Å². The Morgan fingerprint density at radius 1 is 1.27 bits per heavy atom. The van der Waals surface area contributed by atoms with Crippen molar-refractivity contribution in [1.29, 1.82) is 0 Å². The van der Waals surface area contributed by atoms with Gasteiger partial charge >= 0.3 is 0 Å². The van der Waals surface area contributed by atoms with Crippen LogP contribution >= 0.6 is 0 Å². The van der Waals surface area contributed by atoms with Gasteiger partial charge in [0.05, 0.1) is 5.52 Å². The van der Waals surface area contributed by atoms with Crippen LogP contribution in [0.2, 0.25) is 0 Å². The highest BCUT2D eigenvalue weighted by Crippen LogP contribution is 2.18. The highest BCUT2D eigenvalue weighted by Gasteiger charge is 2.25. The molecule has 0 spiro atoms. The van der Waals surface area contributed by atoms with Crippen LogP contribution in [0.1, 0.15) is 0 Å². The summed E-state index contributed by atoms with van der Waals surface area (Å²) in [7, 11) is 0. The molecular weight excluding hydrogens is 188 g/mol. The van der Waals surface area contributed by atoms with Crippen molar-refractivity contribution in [1.82, 2.24) is 9.97 Å². The lowest BCUT2D eigenvalue weighted by Gasteiger charge is -2.36. The molecule has 0 atom stereocenters. The largest absolute Gasteiger partial charge is 0.338 e. The minimum absolute atomic E-state index is 0.278. The fourth-order valence-corrected chi connectivity index (χ4v) is 1.79. The molecule has 0 radical (unpaired) electrons. The molecular formula is C11H12N4. The maximum absolute atomic E-state index is 5.72. The first-order chi connectivity index (χ1) is 7.33. The second-order valence-corrected chi connectivity index (χ2v) is 3.89. The molecule has 3 rings (SSSR count). The third-order valence-electron chi connectivity index (χ3n) is 2.67. The van der Waals surface area contributed by atoms with Gasteiger partial charge in [0, 0.05) is 30.7 Å². The minimum atomic E-state index is 0.278. The Hall–Kier alpha value is -1.68. The van der Waals surface area contributed by atoms with Crippen LogP contribution in [0.25, 0.3) is 10.9 Å². The van der Waals surface area contributed by atoms with Gasteiger partial charge in [-0.1, -0.05) is 18.2 Å². The number of anilines is 1. The van der Waals surface area contributed by atoms with Gasteiger partial charge < -0.3 is 10.6 Å². The summed E-state index contributed by atoms with van der Waals surface area (Å²) >= 11 is 0.